The van der Waals surface area contributed by atoms with Gasteiger partial charge in [0, 0.05) is 58.6 Å². The maximum atomic E-state index is 14.8. The zero-order chi connectivity index (χ0) is 37.0. The number of aromatic amines is 1. The molecule has 3 aromatic carbocycles. The van der Waals surface area contributed by atoms with Crippen LogP contribution in [0.4, 0.5) is 15.9 Å². The summed E-state index contributed by atoms with van der Waals surface area (Å²) in [7, 11) is 0. The fraction of sp³-hybridized carbons (Fsp3) is 0.262. The molecule has 0 fully saturated rings. The molecule has 0 unspecified atom stereocenters. The van der Waals surface area contributed by atoms with Gasteiger partial charge in [0.15, 0.2) is 0 Å². The SMILES string of the molecule is CCc1nccc(-c2ccc3[nH]c(C(=O)N4CCc5nn(-c6cc(C)c(F)c(C)c6)c(Nc6ccc(-n7cnnc7C(C)C)cc6)c5C4)cc3c2)c1C. The van der Waals surface area contributed by atoms with Crippen molar-refractivity contribution < 1.29 is 9.18 Å². The van der Waals surface area contributed by atoms with E-state index >= 15 is 0 Å². The van der Waals surface area contributed by atoms with Crippen molar-refractivity contribution in [2.75, 3.05) is 11.9 Å². The number of hydrogen-bond donors (Lipinski definition) is 2. The third-order valence-electron chi connectivity index (χ3n) is 10.3. The summed E-state index contributed by atoms with van der Waals surface area (Å²) >= 11 is 0. The molecule has 1 aliphatic rings. The summed E-state index contributed by atoms with van der Waals surface area (Å²) in [4.78, 5) is 23.9. The molecule has 1 amide bonds. The molecule has 0 bridgehead atoms. The first-order valence-corrected chi connectivity index (χ1v) is 18.1. The molecular weight excluding hydrogens is 666 g/mol. The van der Waals surface area contributed by atoms with Crippen LogP contribution in [-0.4, -0.2) is 51.9 Å². The number of aromatic nitrogens is 7. The molecule has 11 heteroatoms. The first-order chi connectivity index (χ1) is 25.6. The number of carbonyl (C=O) groups is 1. The van der Waals surface area contributed by atoms with E-state index in [1.165, 1.54) is 5.56 Å². The number of hydrogen-bond acceptors (Lipinski definition) is 6. The summed E-state index contributed by atoms with van der Waals surface area (Å²) in [6.07, 6.45) is 5.04. The van der Waals surface area contributed by atoms with E-state index in [0.29, 0.717) is 36.3 Å². The minimum atomic E-state index is -0.227. The number of rotatable bonds is 8. The van der Waals surface area contributed by atoms with Crippen LogP contribution < -0.4 is 5.32 Å². The van der Waals surface area contributed by atoms with E-state index in [2.05, 4.69) is 65.3 Å². The molecule has 7 aromatic rings. The van der Waals surface area contributed by atoms with E-state index in [0.717, 1.165) is 74.1 Å². The van der Waals surface area contributed by atoms with Gasteiger partial charge in [0.25, 0.3) is 5.91 Å². The van der Waals surface area contributed by atoms with Crippen molar-refractivity contribution in [3.63, 3.8) is 0 Å². The van der Waals surface area contributed by atoms with Crippen molar-refractivity contribution in [2.24, 2.45) is 0 Å². The fourth-order valence-corrected chi connectivity index (χ4v) is 7.42. The molecule has 53 heavy (non-hydrogen) atoms. The van der Waals surface area contributed by atoms with Gasteiger partial charge in [0.1, 0.15) is 29.5 Å². The maximum absolute atomic E-state index is 14.8. The number of fused-ring (bicyclic) bond motifs is 2. The molecule has 1 aliphatic heterocycles. The molecule has 10 nitrogen and oxygen atoms in total. The quantitative estimate of drug-likeness (QED) is 0.164. The number of aryl methyl sites for hydroxylation is 3. The van der Waals surface area contributed by atoms with Crippen LogP contribution in [0.15, 0.2) is 79.3 Å². The van der Waals surface area contributed by atoms with Crippen LogP contribution in [-0.2, 0) is 19.4 Å². The number of nitrogens with zero attached hydrogens (tertiary/aromatic N) is 7. The van der Waals surface area contributed by atoms with Gasteiger partial charge in [-0.3, -0.25) is 14.3 Å². The normalized spacial score (nSPS) is 12.9. The number of H-pyrrole nitrogens is 1. The van der Waals surface area contributed by atoms with Gasteiger partial charge in [-0.05, 0) is 116 Å². The third kappa shape index (κ3) is 6.15. The van der Waals surface area contributed by atoms with Crippen LogP contribution in [0.2, 0.25) is 0 Å². The average Bonchev–Trinajstić information content (AvgIpc) is 3.91. The summed E-state index contributed by atoms with van der Waals surface area (Å²) < 4.78 is 18.6. The second-order valence-corrected chi connectivity index (χ2v) is 14.2. The van der Waals surface area contributed by atoms with Gasteiger partial charge >= 0.3 is 0 Å². The van der Waals surface area contributed by atoms with E-state index in [-0.39, 0.29) is 17.6 Å². The Balaban J connectivity index is 1.12. The molecule has 0 saturated heterocycles. The zero-order valence-corrected chi connectivity index (χ0v) is 30.8. The van der Waals surface area contributed by atoms with Gasteiger partial charge in [0.2, 0.25) is 0 Å². The van der Waals surface area contributed by atoms with Crippen LogP contribution in [0.3, 0.4) is 0 Å². The van der Waals surface area contributed by atoms with Crippen molar-refractivity contribution in [1.82, 2.24) is 39.4 Å². The number of carbonyl (C=O) groups excluding carboxylic acids is 1. The minimum absolute atomic E-state index is 0.0758. The van der Waals surface area contributed by atoms with Crippen molar-refractivity contribution >= 4 is 28.3 Å². The van der Waals surface area contributed by atoms with Crippen molar-refractivity contribution in [3.05, 3.63) is 130 Å². The largest absolute Gasteiger partial charge is 0.351 e. The number of anilines is 2. The molecule has 0 aliphatic carbocycles. The summed E-state index contributed by atoms with van der Waals surface area (Å²) in [6, 6.07) is 21.9. The van der Waals surface area contributed by atoms with Gasteiger partial charge in [-0.25, -0.2) is 9.07 Å². The first-order valence-electron chi connectivity index (χ1n) is 18.1. The summed E-state index contributed by atoms with van der Waals surface area (Å²) in [5.41, 5.74) is 11.4. The highest BCUT2D eigenvalue weighted by molar-refractivity contribution is 5.99. The van der Waals surface area contributed by atoms with Crippen molar-refractivity contribution in [2.45, 2.75) is 66.8 Å². The molecule has 0 atom stereocenters. The lowest BCUT2D eigenvalue weighted by molar-refractivity contribution is 0.0729. The van der Waals surface area contributed by atoms with Crippen LogP contribution in [0.25, 0.3) is 33.4 Å². The molecular formula is C42H42FN9O. The Kier molecular flexibility index (Phi) is 8.64. The fourth-order valence-electron chi connectivity index (χ4n) is 7.42. The number of benzene rings is 3. The van der Waals surface area contributed by atoms with Crippen LogP contribution in [0, 0.1) is 26.6 Å². The smallest absolute Gasteiger partial charge is 0.270 e. The van der Waals surface area contributed by atoms with E-state index in [4.69, 9.17) is 5.10 Å². The summed E-state index contributed by atoms with van der Waals surface area (Å²) in [5, 5.41) is 18.0. The van der Waals surface area contributed by atoms with Crippen molar-refractivity contribution in [1.29, 1.82) is 0 Å². The van der Waals surface area contributed by atoms with Crippen molar-refractivity contribution in [3.8, 4) is 22.5 Å². The van der Waals surface area contributed by atoms with E-state index in [1.54, 1.807) is 20.2 Å². The topological polar surface area (TPSA) is 110 Å². The maximum Gasteiger partial charge on any atom is 0.270 e. The van der Waals surface area contributed by atoms with Gasteiger partial charge in [-0.15, -0.1) is 10.2 Å². The van der Waals surface area contributed by atoms with Crippen LogP contribution in [0.1, 0.15) is 76.6 Å². The van der Waals surface area contributed by atoms with E-state index in [9.17, 15) is 9.18 Å². The highest BCUT2D eigenvalue weighted by Gasteiger charge is 2.30. The minimum Gasteiger partial charge on any atom is -0.351 e. The Morgan fingerprint density at radius 2 is 1.75 bits per heavy atom. The highest BCUT2D eigenvalue weighted by Crippen LogP contribution is 2.34. The molecule has 0 radical (unpaired) electrons. The number of halogens is 1. The highest BCUT2D eigenvalue weighted by atomic mass is 19.1. The number of pyridine rings is 1. The Morgan fingerprint density at radius 3 is 2.49 bits per heavy atom. The van der Waals surface area contributed by atoms with Gasteiger partial charge < -0.3 is 15.2 Å². The van der Waals surface area contributed by atoms with Crippen LogP contribution >= 0.6 is 0 Å². The van der Waals surface area contributed by atoms with E-state index < -0.39 is 0 Å². The predicted octanol–water partition coefficient (Wildman–Crippen LogP) is 8.69. The second kappa shape index (κ2) is 13.5. The Hall–Kier alpha value is -6.10. The van der Waals surface area contributed by atoms with Crippen LogP contribution in [0.5, 0.6) is 0 Å². The zero-order valence-electron chi connectivity index (χ0n) is 30.8. The molecule has 0 spiro atoms. The lowest BCUT2D eigenvalue weighted by atomic mass is 9.98. The Morgan fingerprint density at radius 1 is 0.981 bits per heavy atom. The second-order valence-electron chi connectivity index (χ2n) is 14.2. The standard InChI is InChI=1S/C42H42FN9O/c1-7-35-27(6)33(14-16-44-35)28-8-13-36-29(20-28)21-38(47-36)42(53)50-17-15-37-34(22-50)41(52(49-37)32-18-25(4)39(43)26(5)19-32)46-30-9-11-31(12-10-30)51-23-45-48-40(51)24(2)3/h8-14,16,18-21,23-24,46-47H,7,15,17,22H2,1-6H3. The average molecular weight is 708 g/mol. The van der Waals surface area contributed by atoms with Gasteiger partial charge in [0.05, 0.1) is 17.9 Å². The molecule has 2 N–H and O–H groups in total. The monoisotopic (exact) mass is 707 g/mol. The Labute approximate surface area is 307 Å². The third-order valence-corrected chi connectivity index (χ3v) is 10.3. The summed E-state index contributed by atoms with van der Waals surface area (Å²) in [6.45, 7) is 12.8. The molecule has 268 valence electrons. The van der Waals surface area contributed by atoms with Gasteiger partial charge in [-0.2, -0.15) is 5.10 Å². The first kappa shape index (κ1) is 34.0. The molecule has 4 aromatic heterocycles. The van der Waals surface area contributed by atoms with E-state index in [1.807, 2.05) is 74.9 Å². The lowest BCUT2D eigenvalue weighted by Gasteiger charge is -2.26. The Bertz CT molecular complexity index is 2480. The molecule has 8 rings (SSSR count). The predicted molar refractivity (Wildman–Crippen MR) is 206 cm³/mol. The number of amides is 1. The number of nitrogens with one attached hydrogen (secondary N) is 2. The molecule has 0 saturated carbocycles. The molecule has 5 heterocycles. The lowest BCUT2D eigenvalue weighted by Crippen LogP contribution is -2.36. The van der Waals surface area contributed by atoms with Gasteiger partial charge in [-0.1, -0.05) is 26.8 Å². The summed E-state index contributed by atoms with van der Waals surface area (Å²) in [5.74, 6) is 1.54.